The molecule has 0 unspecified atom stereocenters. The first kappa shape index (κ1) is 19.4. The van der Waals surface area contributed by atoms with Crippen molar-refractivity contribution >= 4 is 22.4 Å². The Hall–Kier alpha value is -2.32. The van der Waals surface area contributed by atoms with Crippen LogP contribution in [-0.4, -0.2) is 74.7 Å². The molecule has 0 N–H and O–H groups in total. The van der Waals surface area contributed by atoms with Gasteiger partial charge in [-0.1, -0.05) is 6.07 Å². The quantitative estimate of drug-likeness (QED) is 0.720. The number of ether oxygens (including phenoxy) is 2. The molecule has 2 heterocycles. The van der Waals surface area contributed by atoms with Crippen LogP contribution >= 0.6 is 11.3 Å². The molecule has 0 bridgehead atoms. The van der Waals surface area contributed by atoms with Crippen molar-refractivity contribution in [3.05, 3.63) is 35.3 Å². The van der Waals surface area contributed by atoms with Gasteiger partial charge < -0.3 is 19.3 Å². The van der Waals surface area contributed by atoms with Gasteiger partial charge in [0.25, 0.3) is 0 Å². The molecule has 27 heavy (non-hydrogen) atoms. The third-order valence-electron chi connectivity index (χ3n) is 4.71. The molecule has 8 heteroatoms. The van der Waals surface area contributed by atoms with Gasteiger partial charge in [0.2, 0.25) is 5.91 Å². The van der Waals surface area contributed by atoms with E-state index in [-0.39, 0.29) is 5.91 Å². The van der Waals surface area contributed by atoms with Gasteiger partial charge in [-0.2, -0.15) is 0 Å². The van der Waals surface area contributed by atoms with E-state index in [2.05, 4.69) is 14.8 Å². The van der Waals surface area contributed by atoms with Gasteiger partial charge in [0.05, 0.1) is 20.8 Å². The highest BCUT2D eigenvalue weighted by atomic mass is 32.1. The molecule has 1 fully saturated rings. The Morgan fingerprint density at radius 1 is 1.19 bits per heavy atom. The molecular weight excluding hydrogens is 364 g/mol. The summed E-state index contributed by atoms with van der Waals surface area (Å²) < 4.78 is 10.6. The van der Waals surface area contributed by atoms with Crippen LogP contribution in [0.1, 0.15) is 5.56 Å². The average molecular weight is 391 g/mol. The van der Waals surface area contributed by atoms with Gasteiger partial charge in [0.15, 0.2) is 16.6 Å². The highest BCUT2D eigenvalue weighted by Gasteiger charge is 2.21. The lowest BCUT2D eigenvalue weighted by atomic mass is 10.2. The van der Waals surface area contributed by atoms with Crippen LogP contribution in [0.3, 0.4) is 0 Å². The maximum absolute atomic E-state index is 12.6. The van der Waals surface area contributed by atoms with E-state index in [1.165, 1.54) is 0 Å². The van der Waals surface area contributed by atoms with Gasteiger partial charge >= 0.3 is 0 Å². The van der Waals surface area contributed by atoms with Crippen molar-refractivity contribution in [2.45, 2.75) is 6.54 Å². The van der Waals surface area contributed by atoms with Crippen molar-refractivity contribution in [2.24, 2.45) is 0 Å². The Labute approximate surface area is 164 Å². The maximum atomic E-state index is 12.6. The Bertz CT molecular complexity index is 745. The van der Waals surface area contributed by atoms with E-state index in [1.54, 1.807) is 30.5 Å². The predicted molar refractivity (Wildman–Crippen MR) is 107 cm³/mol. The van der Waals surface area contributed by atoms with Crippen LogP contribution in [0.5, 0.6) is 11.5 Å². The molecule has 146 valence electrons. The van der Waals surface area contributed by atoms with E-state index in [1.807, 2.05) is 36.8 Å². The maximum Gasteiger partial charge on any atom is 0.236 e. The number of piperazine rings is 1. The Kier molecular flexibility index (Phi) is 6.52. The van der Waals surface area contributed by atoms with Gasteiger partial charge in [-0.05, 0) is 17.7 Å². The minimum absolute atomic E-state index is 0.118. The van der Waals surface area contributed by atoms with Crippen LogP contribution in [0.4, 0.5) is 5.13 Å². The first-order valence-electron chi connectivity index (χ1n) is 8.92. The number of rotatable bonds is 7. The van der Waals surface area contributed by atoms with Gasteiger partial charge in [-0.3, -0.25) is 9.69 Å². The molecule has 1 amide bonds. The SMILES string of the molecule is COc1ccc(CN(C)C(=O)CN2CCN(c3nccs3)CC2)cc1OC. The zero-order valence-corrected chi connectivity index (χ0v) is 16.9. The van der Waals surface area contributed by atoms with E-state index in [0.29, 0.717) is 24.6 Å². The molecule has 1 saturated heterocycles. The minimum atomic E-state index is 0.118. The number of hydrogen-bond donors (Lipinski definition) is 0. The summed E-state index contributed by atoms with van der Waals surface area (Å²) in [5.41, 5.74) is 1.01. The molecule has 1 aliphatic heterocycles. The molecule has 0 spiro atoms. The zero-order valence-electron chi connectivity index (χ0n) is 16.1. The number of likely N-dealkylation sites (N-methyl/N-ethyl adjacent to an activating group) is 1. The normalized spacial score (nSPS) is 14.9. The fourth-order valence-corrected chi connectivity index (χ4v) is 3.82. The molecule has 0 radical (unpaired) electrons. The lowest BCUT2D eigenvalue weighted by Crippen LogP contribution is -2.49. The van der Waals surface area contributed by atoms with Gasteiger partial charge in [-0.15, -0.1) is 11.3 Å². The van der Waals surface area contributed by atoms with Crippen LogP contribution in [0.25, 0.3) is 0 Å². The molecule has 0 aliphatic carbocycles. The lowest BCUT2D eigenvalue weighted by molar-refractivity contribution is -0.131. The molecule has 0 saturated carbocycles. The zero-order chi connectivity index (χ0) is 19.2. The summed E-state index contributed by atoms with van der Waals surface area (Å²) in [4.78, 5) is 23.2. The van der Waals surface area contributed by atoms with Crippen LogP contribution in [0.2, 0.25) is 0 Å². The second-order valence-corrected chi connectivity index (χ2v) is 7.39. The summed E-state index contributed by atoms with van der Waals surface area (Å²) in [6.07, 6.45) is 1.83. The Morgan fingerprint density at radius 3 is 2.56 bits per heavy atom. The number of methoxy groups -OCH3 is 2. The highest BCUT2D eigenvalue weighted by Crippen LogP contribution is 2.28. The lowest BCUT2D eigenvalue weighted by Gasteiger charge is -2.34. The van der Waals surface area contributed by atoms with Crippen LogP contribution < -0.4 is 14.4 Å². The highest BCUT2D eigenvalue weighted by molar-refractivity contribution is 7.13. The summed E-state index contributed by atoms with van der Waals surface area (Å²) in [6, 6.07) is 5.73. The second-order valence-electron chi connectivity index (χ2n) is 6.52. The number of carbonyl (C=O) groups is 1. The van der Waals surface area contributed by atoms with Crippen molar-refractivity contribution in [3.63, 3.8) is 0 Å². The summed E-state index contributed by atoms with van der Waals surface area (Å²) in [7, 11) is 5.06. The van der Waals surface area contributed by atoms with Crippen molar-refractivity contribution in [1.29, 1.82) is 0 Å². The molecule has 2 aromatic rings. The smallest absolute Gasteiger partial charge is 0.236 e. The number of amides is 1. The standard InChI is InChI=1S/C19H26N4O3S/c1-21(13-15-4-5-16(25-2)17(12-15)26-3)18(24)14-22-7-9-23(10-8-22)19-20-6-11-27-19/h4-6,11-12H,7-10,13-14H2,1-3H3. The number of aromatic nitrogens is 1. The first-order valence-corrected chi connectivity index (χ1v) is 9.80. The van der Waals surface area contributed by atoms with E-state index in [0.717, 1.165) is 36.9 Å². The van der Waals surface area contributed by atoms with Gasteiger partial charge in [0.1, 0.15) is 0 Å². The topological polar surface area (TPSA) is 58.1 Å². The largest absolute Gasteiger partial charge is 0.493 e. The number of anilines is 1. The second kappa shape index (κ2) is 9.05. The molecule has 7 nitrogen and oxygen atoms in total. The fraction of sp³-hybridized carbons (Fsp3) is 0.474. The number of benzene rings is 1. The summed E-state index contributed by atoms with van der Waals surface area (Å²) >= 11 is 1.66. The summed E-state index contributed by atoms with van der Waals surface area (Å²) in [6.45, 7) is 4.53. The van der Waals surface area contributed by atoms with Gasteiger partial charge in [0, 0.05) is 51.3 Å². The number of carbonyl (C=O) groups excluding carboxylic acids is 1. The monoisotopic (exact) mass is 390 g/mol. The van der Waals surface area contributed by atoms with Crippen molar-refractivity contribution in [1.82, 2.24) is 14.8 Å². The Balaban J connectivity index is 1.49. The fourth-order valence-electron chi connectivity index (χ4n) is 3.12. The molecule has 1 aromatic heterocycles. The first-order chi connectivity index (χ1) is 13.1. The van der Waals surface area contributed by atoms with Crippen LogP contribution in [0, 0.1) is 0 Å². The van der Waals surface area contributed by atoms with Crippen molar-refractivity contribution in [2.75, 3.05) is 58.9 Å². The average Bonchev–Trinajstić information content (AvgIpc) is 3.23. The van der Waals surface area contributed by atoms with E-state index < -0.39 is 0 Å². The summed E-state index contributed by atoms with van der Waals surface area (Å²) in [5.74, 6) is 1.48. The van der Waals surface area contributed by atoms with Crippen LogP contribution in [0.15, 0.2) is 29.8 Å². The third-order valence-corrected chi connectivity index (χ3v) is 5.55. The number of hydrogen-bond acceptors (Lipinski definition) is 7. The van der Waals surface area contributed by atoms with E-state index in [4.69, 9.17) is 9.47 Å². The molecule has 0 atom stereocenters. The predicted octanol–water partition coefficient (Wildman–Crippen LogP) is 1.94. The molecule has 1 aliphatic rings. The van der Waals surface area contributed by atoms with E-state index in [9.17, 15) is 4.79 Å². The van der Waals surface area contributed by atoms with Gasteiger partial charge in [-0.25, -0.2) is 4.98 Å². The number of nitrogens with zero attached hydrogens (tertiary/aromatic N) is 4. The number of thiazole rings is 1. The Morgan fingerprint density at radius 2 is 1.93 bits per heavy atom. The minimum Gasteiger partial charge on any atom is -0.493 e. The van der Waals surface area contributed by atoms with Crippen molar-refractivity contribution in [3.8, 4) is 11.5 Å². The molecule has 3 rings (SSSR count). The summed E-state index contributed by atoms with van der Waals surface area (Å²) in [5, 5.41) is 3.06. The molecule has 1 aromatic carbocycles. The third kappa shape index (κ3) is 4.90. The van der Waals surface area contributed by atoms with Crippen molar-refractivity contribution < 1.29 is 14.3 Å². The molecular formula is C19H26N4O3S. The van der Waals surface area contributed by atoms with E-state index >= 15 is 0 Å². The van der Waals surface area contributed by atoms with Crippen LogP contribution in [-0.2, 0) is 11.3 Å².